The van der Waals surface area contributed by atoms with E-state index in [9.17, 15) is 9.59 Å². The highest BCUT2D eigenvalue weighted by molar-refractivity contribution is 14.1. The Bertz CT molecular complexity index is 1030. The van der Waals surface area contributed by atoms with Gasteiger partial charge in [0.1, 0.15) is 17.1 Å². The predicted octanol–water partition coefficient (Wildman–Crippen LogP) is 4.99. The molecule has 1 aliphatic carbocycles. The van der Waals surface area contributed by atoms with E-state index < -0.39 is 23.2 Å². The van der Waals surface area contributed by atoms with Crippen LogP contribution < -0.4 is 10.6 Å². The molecule has 29 heavy (non-hydrogen) atoms. The SMILES string of the molecule is C.O=C1CCC[C@@H]2N[C@@]3(C(=O)Nc4cc(I)ccc43)[C@@H](c3cccc(Cl)c3F)[C@H]12. The minimum absolute atomic E-state index is 0. The van der Waals surface area contributed by atoms with Gasteiger partial charge in [-0.05, 0) is 59.2 Å². The van der Waals surface area contributed by atoms with Crippen molar-refractivity contribution in [1.82, 2.24) is 5.32 Å². The van der Waals surface area contributed by atoms with Gasteiger partial charge in [-0.15, -0.1) is 0 Å². The third kappa shape index (κ3) is 2.86. The van der Waals surface area contributed by atoms with Crippen LogP contribution in [0.1, 0.15) is 43.7 Å². The quantitative estimate of drug-likeness (QED) is 0.515. The van der Waals surface area contributed by atoms with Gasteiger partial charge in [0.15, 0.2) is 0 Å². The third-order valence-electron chi connectivity index (χ3n) is 6.31. The summed E-state index contributed by atoms with van der Waals surface area (Å²) in [6.45, 7) is 0. The topological polar surface area (TPSA) is 58.2 Å². The number of Topliss-reactive ketones (excluding diaryl/α,β-unsaturated/α-hetero) is 1. The van der Waals surface area contributed by atoms with Gasteiger partial charge in [0.25, 0.3) is 0 Å². The Kier molecular flexibility index (Phi) is 5.24. The van der Waals surface area contributed by atoms with Crippen molar-refractivity contribution < 1.29 is 14.0 Å². The first-order chi connectivity index (χ1) is 13.4. The fourth-order valence-electron chi connectivity index (χ4n) is 5.24. The summed E-state index contributed by atoms with van der Waals surface area (Å²) in [7, 11) is 0. The van der Waals surface area contributed by atoms with Gasteiger partial charge in [-0.3, -0.25) is 14.9 Å². The molecular formula is C22H21ClFIN2O2. The number of benzene rings is 2. The zero-order chi connectivity index (χ0) is 19.6. The number of nitrogens with one attached hydrogen (secondary N) is 2. The van der Waals surface area contributed by atoms with Gasteiger partial charge in [0.2, 0.25) is 5.91 Å². The highest BCUT2D eigenvalue weighted by Crippen LogP contribution is 2.56. The predicted molar refractivity (Wildman–Crippen MR) is 120 cm³/mol. The lowest BCUT2D eigenvalue weighted by Crippen LogP contribution is -2.49. The second-order valence-electron chi connectivity index (χ2n) is 7.71. The number of halogens is 3. The summed E-state index contributed by atoms with van der Waals surface area (Å²) < 4.78 is 16.1. The van der Waals surface area contributed by atoms with Crippen molar-refractivity contribution in [2.75, 3.05) is 5.32 Å². The number of hydrogen-bond acceptors (Lipinski definition) is 3. The molecule has 4 atom stereocenters. The van der Waals surface area contributed by atoms with E-state index in [0.29, 0.717) is 17.7 Å². The van der Waals surface area contributed by atoms with Crippen LogP contribution in [0.3, 0.4) is 0 Å². The summed E-state index contributed by atoms with van der Waals surface area (Å²) >= 11 is 8.27. The first-order valence-corrected chi connectivity index (χ1v) is 10.7. The Hall–Kier alpha value is -1.51. The Balaban J connectivity index is 0.00000205. The van der Waals surface area contributed by atoms with Crippen LogP contribution in [0.25, 0.3) is 0 Å². The summed E-state index contributed by atoms with van der Waals surface area (Å²) in [4.78, 5) is 26.3. The maximum atomic E-state index is 15.1. The van der Waals surface area contributed by atoms with Gasteiger partial charge in [-0.1, -0.05) is 37.2 Å². The molecule has 2 N–H and O–H groups in total. The van der Waals surface area contributed by atoms with Crippen molar-refractivity contribution in [3.8, 4) is 0 Å². The average molecular weight is 527 g/mol. The first kappa shape index (κ1) is 20.8. The van der Waals surface area contributed by atoms with Crippen LogP contribution >= 0.6 is 34.2 Å². The van der Waals surface area contributed by atoms with Crippen molar-refractivity contribution in [3.63, 3.8) is 0 Å². The van der Waals surface area contributed by atoms with E-state index in [-0.39, 0.29) is 30.2 Å². The van der Waals surface area contributed by atoms with E-state index in [1.54, 1.807) is 12.1 Å². The summed E-state index contributed by atoms with van der Waals surface area (Å²) in [6.07, 6.45) is 2.01. The fraction of sp³-hybridized carbons (Fsp3) is 0.364. The molecule has 0 radical (unpaired) electrons. The fourth-order valence-corrected chi connectivity index (χ4v) is 5.92. The van der Waals surface area contributed by atoms with Gasteiger partial charge < -0.3 is 5.32 Å². The van der Waals surface area contributed by atoms with Crippen LogP contribution in [0.2, 0.25) is 5.02 Å². The number of carbonyl (C=O) groups is 2. The molecule has 1 saturated carbocycles. The zero-order valence-corrected chi connectivity index (χ0v) is 17.7. The van der Waals surface area contributed by atoms with Crippen LogP contribution in [-0.2, 0) is 15.1 Å². The molecule has 152 valence electrons. The normalized spacial score (nSPS) is 30.0. The molecule has 2 aromatic rings. The number of ketones is 1. The highest BCUT2D eigenvalue weighted by Gasteiger charge is 2.64. The number of anilines is 1. The largest absolute Gasteiger partial charge is 0.324 e. The average Bonchev–Trinajstić information content (AvgIpc) is 3.14. The molecule has 0 bridgehead atoms. The van der Waals surface area contributed by atoms with Crippen LogP contribution in [0.4, 0.5) is 10.1 Å². The second-order valence-corrected chi connectivity index (χ2v) is 9.36. The second kappa shape index (κ2) is 7.32. The molecule has 2 fully saturated rings. The molecule has 0 unspecified atom stereocenters. The summed E-state index contributed by atoms with van der Waals surface area (Å²) in [5, 5.41) is 6.43. The van der Waals surface area contributed by atoms with Crippen molar-refractivity contribution >= 4 is 51.6 Å². The zero-order valence-electron chi connectivity index (χ0n) is 14.8. The van der Waals surface area contributed by atoms with Gasteiger partial charge in [0, 0.05) is 39.1 Å². The standard InChI is InChI=1S/C21H17ClFIN2O2.CH4/c22-13-4-1-3-11(19(13)23)18-17-14(5-2-6-16(17)27)26-21(18)12-8-7-10(24)9-15(12)25-20(21)28;/h1,3-4,7-9,14,17-18,26H,2,5-6H2,(H,25,28);1H4/t14-,17-,18-,21+;/m0./s1. The molecule has 4 nitrogen and oxygen atoms in total. The molecule has 2 aliphatic heterocycles. The van der Waals surface area contributed by atoms with E-state index >= 15 is 4.39 Å². The lowest BCUT2D eigenvalue weighted by atomic mass is 9.68. The lowest BCUT2D eigenvalue weighted by molar-refractivity contribution is -0.125. The monoisotopic (exact) mass is 526 g/mol. The van der Waals surface area contributed by atoms with Crippen LogP contribution in [0, 0.1) is 15.3 Å². The van der Waals surface area contributed by atoms with Gasteiger partial charge in [0.05, 0.1) is 5.02 Å². The van der Waals surface area contributed by atoms with E-state index in [0.717, 1.165) is 22.0 Å². The number of carbonyl (C=O) groups excluding carboxylic acids is 2. The van der Waals surface area contributed by atoms with E-state index in [2.05, 4.69) is 33.2 Å². The minimum atomic E-state index is -1.18. The van der Waals surface area contributed by atoms with Crippen molar-refractivity contribution in [2.45, 2.75) is 44.2 Å². The molecule has 1 amide bonds. The van der Waals surface area contributed by atoms with Crippen molar-refractivity contribution in [1.29, 1.82) is 0 Å². The molecular weight excluding hydrogens is 506 g/mol. The van der Waals surface area contributed by atoms with Crippen molar-refractivity contribution in [3.05, 3.63) is 61.9 Å². The number of fused-ring (bicyclic) bond motifs is 3. The number of rotatable bonds is 1. The highest BCUT2D eigenvalue weighted by atomic mass is 127. The molecule has 0 aromatic heterocycles. The van der Waals surface area contributed by atoms with Gasteiger partial charge >= 0.3 is 0 Å². The van der Waals surface area contributed by atoms with Crippen LogP contribution in [-0.4, -0.2) is 17.7 Å². The van der Waals surface area contributed by atoms with E-state index in [4.69, 9.17) is 11.6 Å². The van der Waals surface area contributed by atoms with E-state index in [1.807, 2.05) is 18.2 Å². The smallest absolute Gasteiger partial charge is 0.250 e. The maximum Gasteiger partial charge on any atom is 0.250 e. The molecule has 3 aliphatic rings. The molecule has 1 spiro atoms. The Morgan fingerprint density at radius 3 is 2.79 bits per heavy atom. The summed E-state index contributed by atoms with van der Waals surface area (Å²) in [5.41, 5.74) is 0.622. The molecule has 2 heterocycles. The molecule has 7 heteroatoms. The van der Waals surface area contributed by atoms with Crippen LogP contribution in [0.5, 0.6) is 0 Å². The molecule has 1 saturated heterocycles. The molecule has 2 aromatic carbocycles. The maximum absolute atomic E-state index is 15.1. The lowest BCUT2D eigenvalue weighted by Gasteiger charge is -2.32. The van der Waals surface area contributed by atoms with Gasteiger partial charge in [-0.25, -0.2) is 4.39 Å². The third-order valence-corrected chi connectivity index (χ3v) is 7.27. The number of amides is 1. The summed E-state index contributed by atoms with van der Waals surface area (Å²) in [6, 6.07) is 10.4. The Morgan fingerprint density at radius 2 is 2.00 bits per heavy atom. The first-order valence-electron chi connectivity index (χ1n) is 9.29. The van der Waals surface area contributed by atoms with Gasteiger partial charge in [-0.2, -0.15) is 0 Å². The minimum Gasteiger partial charge on any atom is -0.324 e. The van der Waals surface area contributed by atoms with Crippen molar-refractivity contribution in [2.24, 2.45) is 5.92 Å². The molecule has 5 rings (SSSR count). The number of hydrogen-bond donors (Lipinski definition) is 2. The Labute approximate surface area is 187 Å². The van der Waals surface area contributed by atoms with Crippen LogP contribution in [0.15, 0.2) is 36.4 Å². The summed E-state index contributed by atoms with van der Waals surface area (Å²) in [5.74, 6) is -1.82. The Morgan fingerprint density at radius 1 is 1.21 bits per heavy atom. The van der Waals surface area contributed by atoms with E-state index in [1.165, 1.54) is 6.07 Å².